The number of allylic oxidation sites excluding steroid dienone is 1. The fourth-order valence-electron chi connectivity index (χ4n) is 1.81. The predicted molar refractivity (Wildman–Crippen MR) is 87.2 cm³/mol. The molecule has 0 aliphatic rings. The molecular formula is C17H19N3O3. The third-order valence-electron chi connectivity index (χ3n) is 3.13. The Hall–Kier alpha value is -2.89. The van der Waals surface area contributed by atoms with Crippen molar-refractivity contribution in [3.05, 3.63) is 53.9 Å². The number of ether oxygens (including phenoxy) is 1. The van der Waals surface area contributed by atoms with Crippen molar-refractivity contribution in [1.82, 2.24) is 14.7 Å². The Morgan fingerprint density at radius 2 is 2.13 bits per heavy atom. The van der Waals surface area contributed by atoms with E-state index in [-0.39, 0.29) is 18.3 Å². The molecule has 2 rings (SSSR count). The van der Waals surface area contributed by atoms with Crippen molar-refractivity contribution in [1.29, 1.82) is 0 Å². The van der Waals surface area contributed by atoms with Gasteiger partial charge in [0, 0.05) is 38.5 Å². The summed E-state index contributed by atoms with van der Waals surface area (Å²) in [5.74, 6) is 0.206. The maximum atomic E-state index is 12.2. The summed E-state index contributed by atoms with van der Waals surface area (Å²) in [6.07, 6.45) is 6.69. The maximum Gasteiger partial charge on any atom is 0.259 e. The highest BCUT2D eigenvalue weighted by Crippen LogP contribution is 2.15. The van der Waals surface area contributed by atoms with Gasteiger partial charge < -0.3 is 9.64 Å². The summed E-state index contributed by atoms with van der Waals surface area (Å²) < 4.78 is 7.07. The zero-order valence-electron chi connectivity index (χ0n) is 13.4. The molecule has 0 aliphatic carbocycles. The van der Waals surface area contributed by atoms with E-state index in [4.69, 9.17) is 4.74 Å². The van der Waals surface area contributed by atoms with Gasteiger partial charge in [-0.1, -0.05) is 12.1 Å². The predicted octanol–water partition coefficient (Wildman–Crippen LogP) is 1.78. The Balaban J connectivity index is 2.02. The lowest BCUT2D eigenvalue weighted by Gasteiger charge is -2.11. The van der Waals surface area contributed by atoms with Crippen molar-refractivity contribution >= 4 is 17.8 Å². The van der Waals surface area contributed by atoms with Crippen LogP contribution in [0.15, 0.2) is 42.7 Å². The number of likely N-dealkylation sites (N-methyl/N-ethyl adjacent to an activating group) is 1. The fraction of sp³-hybridized carbons (Fsp3) is 0.235. The molecule has 2 aromatic rings. The van der Waals surface area contributed by atoms with E-state index in [1.54, 1.807) is 55.3 Å². The summed E-state index contributed by atoms with van der Waals surface area (Å²) in [6.45, 7) is -0.0594. The largest absolute Gasteiger partial charge is 0.484 e. The molecular weight excluding hydrogens is 294 g/mol. The van der Waals surface area contributed by atoms with Crippen molar-refractivity contribution in [2.75, 3.05) is 20.7 Å². The monoisotopic (exact) mass is 313 g/mol. The number of nitrogens with zero attached hydrogens (tertiary/aromatic N) is 3. The van der Waals surface area contributed by atoms with Gasteiger partial charge in [0.1, 0.15) is 5.75 Å². The number of ketones is 1. The van der Waals surface area contributed by atoms with Gasteiger partial charge in [0.05, 0.1) is 6.20 Å². The van der Waals surface area contributed by atoms with Crippen LogP contribution in [0.4, 0.5) is 0 Å². The molecule has 0 spiro atoms. The molecule has 1 amide bonds. The molecule has 1 aromatic carbocycles. The number of carbonyl (C=O) groups is 2. The molecule has 0 bridgehead atoms. The summed E-state index contributed by atoms with van der Waals surface area (Å²) in [6, 6.07) is 6.76. The van der Waals surface area contributed by atoms with Crippen LogP contribution in [-0.4, -0.2) is 47.1 Å². The molecule has 0 fully saturated rings. The molecule has 6 nitrogen and oxygen atoms in total. The molecule has 0 N–H and O–H groups in total. The van der Waals surface area contributed by atoms with E-state index in [1.807, 2.05) is 13.2 Å². The van der Waals surface area contributed by atoms with Crippen LogP contribution in [0.25, 0.3) is 6.08 Å². The molecule has 6 heteroatoms. The summed E-state index contributed by atoms with van der Waals surface area (Å²) in [5, 5.41) is 4.03. The number of amides is 1. The molecule has 1 aromatic heterocycles. The molecule has 1 heterocycles. The van der Waals surface area contributed by atoms with Gasteiger partial charge in [-0.15, -0.1) is 0 Å². The topological polar surface area (TPSA) is 64.4 Å². The highest BCUT2D eigenvalue weighted by Gasteiger charge is 2.07. The van der Waals surface area contributed by atoms with Gasteiger partial charge in [-0.3, -0.25) is 14.3 Å². The van der Waals surface area contributed by atoms with Gasteiger partial charge in [-0.25, -0.2) is 0 Å². The first-order valence-corrected chi connectivity index (χ1v) is 7.10. The van der Waals surface area contributed by atoms with Gasteiger partial charge in [0.2, 0.25) is 0 Å². The lowest BCUT2D eigenvalue weighted by atomic mass is 10.1. The average Bonchev–Trinajstić information content (AvgIpc) is 2.96. The summed E-state index contributed by atoms with van der Waals surface area (Å²) in [5.41, 5.74) is 1.35. The molecule has 0 atom stereocenters. The van der Waals surface area contributed by atoms with Crippen molar-refractivity contribution in [2.24, 2.45) is 7.05 Å². The van der Waals surface area contributed by atoms with E-state index >= 15 is 0 Å². The Labute approximate surface area is 135 Å². The number of hydrogen-bond acceptors (Lipinski definition) is 4. The van der Waals surface area contributed by atoms with E-state index in [2.05, 4.69) is 5.10 Å². The summed E-state index contributed by atoms with van der Waals surface area (Å²) in [7, 11) is 5.14. The van der Waals surface area contributed by atoms with E-state index < -0.39 is 0 Å². The Morgan fingerprint density at radius 3 is 2.78 bits per heavy atom. The first kappa shape index (κ1) is 16.5. The first-order valence-electron chi connectivity index (χ1n) is 7.10. The van der Waals surface area contributed by atoms with E-state index in [0.29, 0.717) is 11.3 Å². The van der Waals surface area contributed by atoms with E-state index in [1.165, 1.54) is 11.0 Å². The van der Waals surface area contributed by atoms with Gasteiger partial charge >= 0.3 is 0 Å². The third-order valence-corrected chi connectivity index (χ3v) is 3.13. The number of benzene rings is 1. The SMILES string of the molecule is CN(C)C(=O)COc1cccc(C(=O)C=Cc2cnn(C)c2)c1. The highest BCUT2D eigenvalue weighted by molar-refractivity contribution is 6.07. The van der Waals surface area contributed by atoms with Gasteiger partial charge in [0.15, 0.2) is 12.4 Å². The minimum Gasteiger partial charge on any atom is -0.484 e. The zero-order valence-corrected chi connectivity index (χ0v) is 13.4. The third kappa shape index (κ3) is 4.81. The quantitative estimate of drug-likeness (QED) is 0.602. The second-order valence-corrected chi connectivity index (χ2v) is 5.25. The van der Waals surface area contributed by atoms with Gasteiger partial charge in [-0.2, -0.15) is 5.10 Å². The Morgan fingerprint density at radius 1 is 1.35 bits per heavy atom. The van der Waals surface area contributed by atoms with Crippen molar-refractivity contribution in [3.63, 3.8) is 0 Å². The van der Waals surface area contributed by atoms with Crippen LogP contribution in [0.1, 0.15) is 15.9 Å². The smallest absolute Gasteiger partial charge is 0.259 e. The number of carbonyl (C=O) groups excluding carboxylic acids is 2. The molecule has 0 saturated heterocycles. The molecule has 0 unspecified atom stereocenters. The van der Waals surface area contributed by atoms with Crippen molar-refractivity contribution in [3.8, 4) is 5.75 Å². The van der Waals surface area contributed by atoms with Gasteiger partial charge in [0.25, 0.3) is 5.91 Å². The Kier molecular flexibility index (Phi) is 5.30. The number of rotatable bonds is 6. The lowest BCUT2D eigenvalue weighted by Crippen LogP contribution is -2.27. The molecule has 0 saturated carbocycles. The molecule has 0 aliphatic heterocycles. The number of aromatic nitrogens is 2. The minimum absolute atomic E-state index is 0.0594. The first-order chi connectivity index (χ1) is 11.0. The normalized spacial score (nSPS) is 10.7. The van der Waals surface area contributed by atoms with Crippen LogP contribution in [-0.2, 0) is 11.8 Å². The van der Waals surface area contributed by atoms with Crippen molar-refractivity contribution < 1.29 is 14.3 Å². The van der Waals surface area contributed by atoms with Crippen LogP contribution < -0.4 is 4.74 Å². The molecule has 0 radical (unpaired) electrons. The lowest BCUT2D eigenvalue weighted by molar-refractivity contribution is -0.130. The van der Waals surface area contributed by atoms with Gasteiger partial charge in [-0.05, 0) is 24.3 Å². The molecule has 120 valence electrons. The highest BCUT2D eigenvalue weighted by atomic mass is 16.5. The Bertz CT molecular complexity index is 732. The van der Waals surface area contributed by atoms with Crippen LogP contribution in [0, 0.1) is 0 Å². The van der Waals surface area contributed by atoms with E-state index in [9.17, 15) is 9.59 Å². The summed E-state index contributed by atoms with van der Waals surface area (Å²) >= 11 is 0. The van der Waals surface area contributed by atoms with Crippen LogP contribution in [0.3, 0.4) is 0 Å². The minimum atomic E-state index is -0.141. The second-order valence-electron chi connectivity index (χ2n) is 5.25. The standard InChI is InChI=1S/C17H19N3O3/c1-19(2)17(22)12-23-15-6-4-5-14(9-15)16(21)8-7-13-10-18-20(3)11-13/h4-11H,12H2,1-3H3. The average molecular weight is 313 g/mol. The van der Waals surface area contributed by atoms with Crippen LogP contribution in [0.2, 0.25) is 0 Å². The maximum absolute atomic E-state index is 12.2. The molecule has 23 heavy (non-hydrogen) atoms. The number of hydrogen-bond donors (Lipinski definition) is 0. The fourth-order valence-corrected chi connectivity index (χ4v) is 1.81. The number of aryl methyl sites for hydroxylation is 1. The zero-order chi connectivity index (χ0) is 16.8. The van der Waals surface area contributed by atoms with Crippen molar-refractivity contribution in [2.45, 2.75) is 0 Å². The van der Waals surface area contributed by atoms with Crippen LogP contribution >= 0.6 is 0 Å². The van der Waals surface area contributed by atoms with E-state index in [0.717, 1.165) is 5.56 Å². The second kappa shape index (κ2) is 7.40. The van der Waals surface area contributed by atoms with Crippen LogP contribution in [0.5, 0.6) is 5.75 Å². The summed E-state index contributed by atoms with van der Waals surface area (Å²) in [4.78, 5) is 25.1.